The van der Waals surface area contributed by atoms with E-state index in [0.717, 1.165) is 29.7 Å². The normalized spacial score (nSPS) is 20.6. The molecule has 2 rings (SSSR count). The first kappa shape index (κ1) is 30.1. The molecule has 1 aromatic heterocycles. The molecule has 2 unspecified atom stereocenters. The number of alkyl halides is 1. The van der Waals surface area contributed by atoms with Gasteiger partial charge in [-0.15, -0.1) is 0 Å². The standard InChI is InChI=1S/C26H37BrN8O2/c1-5-6-22(18(2)14-31-34(4)17-28)15-30-12-11-23-16-32-35(19(3)29)25(23)33-24(13-27)20-7-9-21(10-8-20)26(36)37/h5-6,12,14,16,18-21H,1,7-11,13,15,29H2,2-4H3,(H,36,37)/b22-6+,30-12?,31-14-,33-24+. The molecule has 1 saturated carbocycles. The lowest BCUT2D eigenvalue weighted by molar-refractivity contribution is -0.142. The van der Waals surface area contributed by atoms with Crippen LogP contribution >= 0.6 is 15.9 Å². The quantitative estimate of drug-likeness (QED) is 0.0889. The lowest BCUT2D eigenvalue weighted by Crippen LogP contribution is -2.26. The summed E-state index contributed by atoms with van der Waals surface area (Å²) in [4.78, 5) is 20.9. The summed E-state index contributed by atoms with van der Waals surface area (Å²) >= 11 is 3.58. The van der Waals surface area contributed by atoms with E-state index in [4.69, 9.17) is 16.0 Å². The highest BCUT2D eigenvalue weighted by Gasteiger charge is 2.28. The van der Waals surface area contributed by atoms with Crippen molar-refractivity contribution < 1.29 is 9.90 Å². The van der Waals surface area contributed by atoms with E-state index in [1.165, 1.54) is 5.01 Å². The number of aromatic nitrogens is 2. The maximum atomic E-state index is 11.3. The highest BCUT2D eigenvalue weighted by Crippen LogP contribution is 2.32. The number of hydrogen-bond acceptors (Lipinski definition) is 8. The molecule has 10 nitrogen and oxygen atoms in total. The Kier molecular flexibility index (Phi) is 12.4. The van der Waals surface area contributed by atoms with Crippen LogP contribution in [0.15, 0.2) is 45.6 Å². The average molecular weight is 574 g/mol. The summed E-state index contributed by atoms with van der Waals surface area (Å²) in [6.07, 6.45) is 14.0. The molecular formula is C26H37BrN8O2. The molecule has 0 aliphatic heterocycles. The molecule has 0 aromatic carbocycles. The molecule has 1 heterocycles. The van der Waals surface area contributed by atoms with Gasteiger partial charge in [-0.1, -0.05) is 41.6 Å². The summed E-state index contributed by atoms with van der Waals surface area (Å²) in [6.45, 7) is 8.10. The third-order valence-corrected chi connectivity index (χ3v) is 6.98. The van der Waals surface area contributed by atoms with E-state index in [1.54, 1.807) is 30.2 Å². The van der Waals surface area contributed by atoms with Crippen LogP contribution < -0.4 is 5.73 Å². The molecule has 3 N–H and O–H groups in total. The minimum absolute atomic E-state index is 0.00958. The van der Waals surface area contributed by atoms with Crippen LogP contribution in [0.2, 0.25) is 0 Å². The van der Waals surface area contributed by atoms with Gasteiger partial charge in [-0.05, 0) is 44.1 Å². The molecule has 0 radical (unpaired) electrons. The van der Waals surface area contributed by atoms with E-state index in [1.807, 2.05) is 32.3 Å². The fourth-order valence-electron chi connectivity index (χ4n) is 4.15. The first-order chi connectivity index (χ1) is 17.7. The second kappa shape index (κ2) is 15.2. The van der Waals surface area contributed by atoms with Gasteiger partial charge in [-0.3, -0.25) is 9.79 Å². The SMILES string of the molecule is C=C/C=C(\CN=CCc1cnn(C(C)N)c1/N=C(\CBr)C1CCC(C(=O)O)CC1)C(C)/C=N\N(C)C#N. The molecule has 1 fully saturated rings. The van der Waals surface area contributed by atoms with E-state index in [0.29, 0.717) is 37.0 Å². The average Bonchev–Trinajstić information content (AvgIpc) is 3.29. The number of carboxylic acid groups (broad SMARTS) is 1. The Morgan fingerprint density at radius 1 is 1.41 bits per heavy atom. The highest BCUT2D eigenvalue weighted by molar-refractivity contribution is 9.09. The number of rotatable bonds is 13. The van der Waals surface area contributed by atoms with Crippen molar-refractivity contribution in [2.75, 3.05) is 18.9 Å². The van der Waals surface area contributed by atoms with Crippen molar-refractivity contribution in [1.29, 1.82) is 5.26 Å². The number of halogens is 1. The summed E-state index contributed by atoms with van der Waals surface area (Å²) in [5, 5.41) is 28.5. The number of nitrogens with two attached hydrogens (primary N) is 1. The van der Waals surface area contributed by atoms with E-state index < -0.39 is 5.97 Å². The number of hydrazone groups is 1. The van der Waals surface area contributed by atoms with E-state index in [-0.39, 0.29) is 23.9 Å². The van der Waals surface area contributed by atoms with Gasteiger partial charge in [0.25, 0.3) is 0 Å². The molecule has 1 aromatic rings. The van der Waals surface area contributed by atoms with Gasteiger partial charge in [-0.2, -0.15) is 15.5 Å². The van der Waals surface area contributed by atoms with Crippen molar-refractivity contribution in [1.82, 2.24) is 14.8 Å². The zero-order valence-electron chi connectivity index (χ0n) is 21.8. The van der Waals surface area contributed by atoms with Crippen molar-refractivity contribution in [3.05, 3.63) is 36.1 Å². The van der Waals surface area contributed by atoms with Gasteiger partial charge in [-0.25, -0.2) is 14.7 Å². The first-order valence-electron chi connectivity index (χ1n) is 12.4. The van der Waals surface area contributed by atoms with Gasteiger partial charge < -0.3 is 10.8 Å². The van der Waals surface area contributed by atoms with Crippen LogP contribution in [0.1, 0.15) is 51.3 Å². The number of nitrogens with zero attached hydrogens (tertiary/aromatic N) is 7. The van der Waals surface area contributed by atoms with Crippen molar-refractivity contribution in [3.8, 4) is 6.19 Å². The van der Waals surface area contributed by atoms with Gasteiger partial charge >= 0.3 is 5.97 Å². The third-order valence-electron chi connectivity index (χ3n) is 6.40. The number of aliphatic imine (C=N–C) groups is 2. The zero-order valence-corrected chi connectivity index (χ0v) is 23.4. The smallest absolute Gasteiger partial charge is 0.306 e. The second-order valence-corrected chi connectivity index (χ2v) is 9.74. The fourth-order valence-corrected chi connectivity index (χ4v) is 4.73. The van der Waals surface area contributed by atoms with Crippen LogP contribution in [-0.4, -0.2) is 62.9 Å². The second-order valence-electron chi connectivity index (χ2n) is 9.18. The molecule has 0 bridgehead atoms. The van der Waals surface area contributed by atoms with Gasteiger partial charge in [0.1, 0.15) is 0 Å². The number of nitriles is 1. The van der Waals surface area contributed by atoms with Crippen molar-refractivity contribution in [2.45, 2.75) is 52.1 Å². The minimum atomic E-state index is -0.713. The van der Waals surface area contributed by atoms with Crippen LogP contribution in [0.3, 0.4) is 0 Å². The molecule has 0 amide bonds. The van der Waals surface area contributed by atoms with E-state index in [2.05, 4.69) is 37.7 Å². The zero-order chi connectivity index (χ0) is 27.4. The van der Waals surface area contributed by atoms with Gasteiger partial charge in [0.05, 0.1) is 24.8 Å². The largest absolute Gasteiger partial charge is 0.481 e. The Bertz CT molecular complexity index is 1070. The number of carboxylic acids is 1. The number of aliphatic carboxylic acids is 1. The Balaban J connectivity index is 2.17. The Labute approximate surface area is 227 Å². The molecule has 0 spiro atoms. The molecule has 0 saturated heterocycles. The molecule has 37 heavy (non-hydrogen) atoms. The van der Waals surface area contributed by atoms with E-state index >= 15 is 0 Å². The predicted molar refractivity (Wildman–Crippen MR) is 151 cm³/mol. The number of hydrogen-bond donors (Lipinski definition) is 2. The van der Waals surface area contributed by atoms with Crippen LogP contribution in [0.25, 0.3) is 0 Å². The maximum absolute atomic E-state index is 11.3. The summed E-state index contributed by atoms with van der Waals surface area (Å²) in [6, 6.07) is 0. The van der Waals surface area contributed by atoms with Crippen molar-refractivity contribution in [3.63, 3.8) is 0 Å². The monoisotopic (exact) mass is 572 g/mol. The lowest BCUT2D eigenvalue weighted by Gasteiger charge is -2.26. The first-order valence-corrected chi connectivity index (χ1v) is 13.5. The van der Waals surface area contributed by atoms with Crippen LogP contribution in [-0.2, 0) is 11.2 Å². The minimum Gasteiger partial charge on any atom is -0.481 e. The van der Waals surface area contributed by atoms with Crippen molar-refractivity contribution >= 4 is 45.9 Å². The molecule has 200 valence electrons. The lowest BCUT2D eigenvalue weighted by atomic mass is 9.80. The summed E-state index contributed by atoms with van der Waals surface area (Å²) in [5.74, 6) is -0.0595. The summed E-state index contributed by atoms with van der Waals surface area (Å²) < 4.78 is 1.71. The maximum Gasteiger partial charge on any atom is 0.306 e. The summed E-state index contributed by atoms with van der Waals surface area (Å²) in [7, 11) is 1.59. The van der Waals surface area contributed by atoms with Gasteiger partial charge in [0.15, 0.2) is 5.82 Å². The molecule has 2 atom stereocenters. The molecular weight excluding hydrogens is 536 g/mol. The third kappa shape index (κ3) is 9.05. The van der Waals surface area contributed by atoms with Crippen LogP contribution in [0, 0.1) is 29.2 Å². The summed E-state index contributed by atoms with van der Waals surface area (Å²) in [5.41, 5.74) is 9.08. The Morgan fingerprint density at radius 2 is 2.08 bits per heavy atom. The fraction of sp³-hybridized carbons (Fsp3) is 0.538. The van der Waals surface area contributed by atoms with Gasteiger partial charge in [0, 0.05) is 48.4 Å². The topological polar surface area (TPSA) is 145 Å². The molecule has 1 aliphatic carbocycles. The predicted octanol–water partition coefficient (Wildman–Crippen LogP) is 4.48. The number of carbonyl (C=O) groups is 1. The number of allylic oxidation sites excluding steroid dienone is 2. The van der Waals surface area contributed by atoms with Crippen molar-refractivity contribution in [2.24, 2.45) is 38.6 Å². The van der Waals surface area contributed by atoms with Crippen LogP contribution in [0.4, 0.5) is 5.82 Å². The van der Waals surface area contributed by atoms with E-state index in [9.17, 15) is 9.90 Å². The molecule has 11 heteroatoms. The van der Waals surface area contributed by atoms with Gasteiger partial charge in [0.2, 0.25) is 6.19 Å². The Morgan fingerprint density at radius 3 is 2.65 bits per heavy atom. The molecule has 1 aliphatic rings. The highest BCUT2D eigenvalue weighted by atomic mass is 79.9. The van der Waals surface area contributed by atoms with Crippen LogP contribution in [0.5, 0.6) is 0 Å². The Hall–Kier alpha value is -3.10.